The van der Waals surface area contributed by atoms with Gasteiger partial charge in [-0.15, -0.1) is 0 Å². The molecule has 1 fully saturated rings. The Morgan fingerprint density at radius 3 is 2.30 bits per heavy atom. The monoisotopic (exact) mass is 657 g/mol. The van der Waals surface area contributed by atoms with Crippen LogP contribution in [0.15, 0.2) is 30.5 Å². The first-order chi connectivity index (χ1) is 22.2. The number of amides is 2. The first-order valence-corrected chi connectivity index (χ1v) is 17.4. The Bertz CT molecular complexity index is 1290. The van der Waals surface area contributed by atoms with E-state index < -0.39 is 36.4 Å². The van der Waals surface area contributed by atoms with Crippen LogP contribution in [-0.4, -0.2) is 78.2 Å². The quantitative estimate of drug-likeness (QED) is 0.0879. The maximum Gasteiger partial charge on any atom is 0.410 e. The van der Waals surface area contributed by atoms with E-state index in [9.17, 15) is 19.5 Å². The number of hydrogen-bond acceptors (Lipinski definition) is 7. The number of aromatic nitrogens is 1. The summed E-state index contributed by atoms with van der Waals surface area (Å²) in [4.78, 5) is 44.1. The van der Waals surface area contributed by atoms with Crippen molar-refractivity contribution < 1.29 is 33.7 Å². The highest BCUT2D eigenvalue weighted by Crippen LogP contribution is 2.39. The maximum absolute atomic E-state index is 13.5. The Labute approximate surface area is 281 Å². The molecule has 1 aromatic heterocycles. The van der Waals surface area contributed by atoms with Crippen molar-refractivity contribution in [1.29, 1.82) is 0 Å². The number of ether oxygens (including phenoxy) is 3. The number of aromatic amines is 1. The van der Waals surface area contributed by atoms with Gasteiger partial charge in [-0.1, -0.05) is 53.7 Å². The van der Waals surface area contributed by atoms with E-state index in [1.54, 1.807) is 21.0 Å². The van der Waals surface area contributed by atoms with E-state index in [-0.39, 0.29) is 48.0 Å². The smallest absolute Gasteiger partial charge is 0.410 e. The van der Waals surface area contributed by atoms with Crippen molar-refractivity contribution in [2.75, 3.05) is 20.8 Å². The van der Waals surface area contributed by atoms with Gasteiger partial charge in [0.15, 0.2) is 0 Å². The molecule has 10 nitrogen and oxygen atoms in total. The van der Waals surface area contributed by atoms with Crippen molar-refractivity contribution in [3.8, 4) is 0 Å². The van der Waals surface area contributed by atoms with Crippen molar-refractivity contribution in [3.05, 3.63) is 36.0 Å². The Morgan fingerprint density at radius 1 is 1.00 bits per heavy atom. The van der Waals surface area contributed by atoms with Crippen LogP contribution in [0.25, 0.3) is 10.9 Å². The standard InChI is InChI=1S/C37H59N3O7/c1-22(2)30(29(11-10-18-45-9)27-13-12-26-16-17-38-32(26)19-27)20-33(39-37(44)47-25(7)46-36(43)24(5)6)34(41)21-31(23(3)4)35(42)40(8)28-14-15-28/h12-13,16-17,19,22-25,28-31,33-34,38,41H,10-11,14-15,18,20-21H2,1-9H3,(H,39,44)/t25?,29-,30?,31+,33+,34+/m1/s1. The lowest BCUT2D eigenvalue weighted by molar-refractivity contribution is -0.168. The molecule has 0 bridgehead atoms. The van der Waals surface area contributed by atoms with Gasteiger partial charge in [0.1, 0.15) is 0 Å². The summed E-state index contributed by atoms with van der Waals surface area (Å²) >= 11 is 0. The summed E-state index contributed by atoms with van der Waals surface area (Å²) in [6.07, 6.45) is 3.39. The Morgan fingerprint density at radius 2 is 1.70 bits per heavy atom. The van der Waals surface area contributed by atoms with Gasteiger partial charge in [-0.2, -0.15) is 0 Å². The van der Waals surface area contributed by atoms with E-state index >= 15 is 0 Å². The fourth-order valence-electron chi connectivity index (χ4n) is 6.52. The Balaban J connectivity index is 1.92. The topological polar surface area (TPSA) is 130 Å². The van der Waals surface area contributed by atoms with E-state index in [1.807, 2.05) is 38.1 Å². The normalized spacial score (nSPS) is 17.3. The summed E-state index contributed by atoms with van der Waals surface area (Å²) in [7, 11) is 3.55. The number of alkyl carbamates (subject to hydrolysis) is 1. The maximum atomic E-state index is 13.5. The van der Waals surface area contributed by atoms with Crippen molar-refractivity contribution in [2.24, 2.45) is 29.6 Å². The number of nitrogens with one attached hydrogen (secondary N) is 2. The second-order valence-electron chi connectivity index (χ2n) is 14.4. The summed E-state index contributed by atoms with van der Waals surface area (Å²) in [5, 5.41) is 15.9. The number of nitrogens with zero attached hydrogens (tertiary/aromatic N) is 1. The Hall–Kier alpha value is -3.11. The second kappa shape index (κ2) is 17.9. The van der Waals surface area contributed by atoms with Crippen LogP contribution in [0.5, 0.6) is 0 Å². The van der Waals surface area contributed by atoms with Gasteiger partial charge in [-0.3, -0.25) is 9.59 Å². The van der Waals surface area contributed by atoms with E-state index in [2.05, 4.69) is 42.3 Å². The van der Waals surface area contributed by atoms with Crippen molar-refractivity contribution in [2.45, 2.75) is 117 Å². The molecular formula is C37H59N3O7. The number of benzene rings is 1. The number of aliphatic hydroxyl groups excluding tert-OH is 1. The lowest BCUT2D eigenvalue weighted by atomic mass is 9.72. The van der Waals surface area contributed by atoms with E-state index in [1.165, 1.54) is 12.5 Å². The molecular weight excluding hydrogens is 598 g/mol. The number of esters is 1. The molecule has 0 radical (unpaired) electrons. The molecule has 0 aliphatic heterocycles. The zero-order valence-electron chi connectivity index (χ0n) is 30.0. The molecule has 0 saturated heterocycles. The van der Waals surface area contributed by atoms with Crippen LogP contribution in [0.1, 0.15) is 98.5 Å². The average Bonchev–Trinajstić information content (AvgIpc) is 3.75. The average molecular weight is 658 g/mol. The molecule has 264 valence electrons. The minimum atomic E-state index is -1.10. The van der Waals surface area contributed by atoms with Gasteiger partial charge in [0, 0.05) is 51.4 Å². The van der Waals surface area contributed by atoms with Crippen LogP contribution < -0.4 is 5.32 Å². The third-order valence-corrected chi connectivity index (χ3v) is 9.62. The number of hydrogen-bond donors (Lipinski definition) is 3. The molecule has 1 aliphatic rings. The van der Waals surface area contributed by atoms with Crippen LogP contribution in [0.4, 0.5) is 4.79 Å². The van der Waals surface area contributed by atoms with E-state index in [0.29, 0.717) is 13.0 Å². The minimum absolute atomic E-state index is 0.00312. The minimum Gasteiger partial charge on any atom is -0.425 e. The van der Waals surface area contributed by atoms with Crippen molar-refractivity contribution >= 4 is 28.9 Å². The summed E-state index contributed by atoms with van der Waals surface area (Å²) in [5.41, 5.74) is 2.24. The molecule has 1 heterocycles. The van der Waals surface area contributed by atoms with Gasteiger partial charge >= 0.3 is 12.1 Å². The molecule has 47 heavy (non-hydrogen) atoms. The summed E-state index contributed by atoms with van der Waals surface area (Å²) < 4.78 is 16.1. The van der Waals surface area contributed by atoms with Gasteiger partial charge in [0.25, 0.3) is 0 Å². The summed E-state index contributed by atoms with van der Waals surface area (Å²) in [6, 6.07) is 8.08. The number of H-pyrrole nitrogens is 1. The SMILES string of the molecule is COCCC[C@H](c1ccc2cc[nH]c2c1)C(C[C@H](NC(=O)OC(C)OC(=O)C(C)C)[C@@H](O)C[C@H](C(=O)N(C)C1CC1)C(C)C)C(C)C. The Kier molecular flexibility index (Phi) is 14.6. The van der Waals surface area contributed by atoms with Crippen LogP contribution >= 0.6 is 0 Å². The van der Waals surface area contributed by atoms with Gasteiger partial charge in [0.05, 0.1) is 18.1 Å². The molecule has 6 atom stereocenters. The number of rotatable bonds is 19. The first kappa shape index (κ1) is 38.3. The number of carbonyl (C=O) groups excluding carboxylic acids is 3. The highest BCUT2D eigenvalue weighted by atomic mass is 16.7. The predicted octanol–water partition coefficient (Wildman–Crippen LogP) is 6.62. The van der Waals surface area contributed by atoms with Crippen LogP contribution in [0.2, 0.25) is 0 Å². The fourth-order valence-corrected chi connectivity index (χ4v) is 6.52. The summed E-state index contributed by atoms with van der Waals surface area (Å²) in [5.74, 6) is -0.873. The van der Waals surface area contributed by atoms with Crippen LogP contribution in [0, 0.1) is 29.6 Å². The molecule has 1 aromatic carbocycles. The third-order valence-electron chi connectivity index (χ3n) is 9.62. The molecule has 2 unspecified atom stereocenters. The molecule has 3 N–H and O–H groups in total. The second-order valence-corrected chi connectivity index (χ2v) is 14.4. The number of fused-ring (bicyclic) bond motifs is 1. The van der Waals surface area contributed by atoms with Gasteiger partial charge < -0.3 is 34.5 Å². The highest BCUT2D eigenvalue weighted by Gasteiger charge is 2.38. The van der Waals surface area contributed by atoms with E-state index in [4.69, 9.17) is 14.2 Å². The number of aliphatic hydroxyl groups is 1. The van der Waals surface area contributed by atoms with Gasteiger partial charge in [-0.05, 0) is 85.3 Å². The molecule has 3 rings (SSSR count). The van der Waals surface area contributed by atoms with Crippen LogP contribution in [-0.2, 0) is 23.8 Å². The molecule has 1 aliphatic carbocycles. The van der Waals surface area contributed by atoms with E-state index in [0.717, 1.165) is 36.6 Å². The highest BCUT2D eigenvalue weighted by molar-refractivity contribution is 5.80. The van der Waals surface area contributed by atoms with Crippen molar-refractivity contribution in [3.63, 3.8) is 0 Å². The predicted molar refractivity (Wildman–Crippen MR) is 184 cm³/mol. The van der Waals surface area contributed by atoms with Crippen molar-refractivity contribution in [1.82, 2.24) is 15.2 Å². The number of carbonyl (C=O) groups is 3. The van der Waals surface area contributed by atoms with Gasteiger partial charge in [0.2, 0.25) is 12.2 Å². The largest absolute Gasteiger partial charge is 0.425 e. The third kappa shape index (κ3) is 11.2. The zero-order chi connectivity index (χ0) is 34.8. The summed E-state index contributed by atoms with van der Waals surface area (Å²) in [6.45, 7) is 13.9. The zero-order valence-corrected chi connectivity index (χ0v) is 30.0. The molecule has 10 heteroatoms. The lowest BCUT2D eigenvalue weighted by Gasteiger charge is -2.37. The fraction of sp³-hybridized carbons (Fsp3) is 0.703. The first-order valence-electron chi connectivity index (χ1n) is 17.4. The molecule has 0 spiro atoms. The van der Waals surface area contributed by atoms with Crippen LogP contribution in [0.3, 0.4) is 0 Å². The molecule has 2 aromatic rings. The van der Waals surface area contributed by atoms with Gasteiger partial charge in [-0.25, -0.2) is 4.79 Å². The molecule has 1 saturated carbocycles. The molecule has 2 amide bonds. The number of methoxy groups -OCH3 is 1. The lowest BCUT2D eigenvalue weighted by Crippen LogP contribution is -2.49.